The second-order valence-electron chi connectivity index (χ2n) is 4.46. The zero-order valence-electron chi connectivity index (χ0n) is 10.2. The van der Waals surface area contributed by atoms with Crippen LogP contribution in [0.1, 0.15) is 12.8 Å². The van der Waals surface area contributed by atoms with Crippen LogP contribution in [-0.2, 0) is 24.2 Å². The molecule has 0 unspecified atom stereocenters. The summed E-state index contributed by atoms with van der Waals surface area (Å²) < 4.78 is 38.1. The highest BCUT2D eigenvalue weighted by Crippen LogP contribution is 2.32. The van der Waals surface area contributed by atoms with Crippen LogP contribution in [0.15, 0.2) is 0 Å². The number of sulfonamides is 1. The topological polar surface area (TPSA) is 87.9 Å². The van der Waals surface area contributed by atoms with E-state index in [0.717, 1.165) is 0 Å². The van der Waals surface area contributed by atoms with E-state index >= 15 is 0 Å². The molecule has 0 atom stereocenters. The molecule has 0 aromatic carbocycles. The zero-order chi connectivity index (χ0) is 12.8. The number of primary sulfonamides is 1. The first-order valence-corrected chi connectivity index (χ1v) is 7.34. The third-order valence-electron chi connectivity index (χ3n) is 2.90. The van der Waals surface area contributed by atoms with Crippen LogP contribution in [0.4, 0.5) is 0 Å². The van der Waals surface area contributed by atoms with Gasteiger partial charge in [0, 0.05) is 25.7 Å². The van der Waals surface area contributed by atoms with Gasteiger partial charge in [-0.3, -0.25) is 0 Å². The van der Waals surface area contributed by atoms with Crippen molar-refractivity contribution in [1.82, 2.24) is 0 Å². The van der Waals surface area contributed by atoms with E-state index in [9.17, 15) is 8.42 Å². The smallest absolute Gasteiger partial charge is 0.209 e. The summed E-state index contributed by atoms with van der Waals surface area (Å²) in [6.07, 6.45) is 1.33. The summed E-state index contributed by atoms with van der Waals surface area (Å²) in [5.74, 6) is -0.0453. The van der Waals surface area contributed by atoms with Crippen molar-refractivity contribution in [3.05, 3.63) is 0 Å². The predicted molar refractivity (Wildman–Crippen MR) is 63.2 cm³/mol. The molecule has 0 aromatic rings. The lowest BCUT2D eigenvalue weighted by molar-refractivity contribution is -0.0367. The van der Waals surface area contributed by atoms with Gasteiger partial charge in [0.1, 0.15) is 0 Å². The molecule has 102 valence electrons. The Balaban J connectivity index is 2.52. The van der Waals surface area contributed by atoms with E-state index in [1.165, 1.54) is 0 Å². The molecule has 0 saturated carbocycles. The minimum absolute atomic E-state index is 0.0453. The summed E-state index contributed by atoms with van der Waals surface area (Å²) in [5.41, 5.74) is -0.403. The molecule has 17 heavy (non-hydrogen) atoms. The number of rotatable bonds is 7. The van der Waals surface area contributed by atoms with Crippen molar-refractivity contribution in [2.45, 2.75) is 12.8 Å². The fourth-order valence-electron chi connectivity index (χ4n) is 1.99. The van der Waals surface area contributed by atoms with Crippen LogP contribution < -0.4 is 5.14 Å². The minimum Gasteiger partial charge on any atom is -0.382 e. The Kier molecular flexibility index (Phi) is 5.81. The molecular formula is C10H21NO5S. The van der Waals surface area contributed by atoms with Crippen molar-refractivity contribution < 1.29 is 22.6 Å². The molecule has 0 bridgehead atoms. The molecule has 0 aliphatic carbocycles. The monoisotopic (exact) mass is 267 g/mol. The van der Waals surface area contributed by atoms with Crippen LogP contribution >= 0.6 is 0 Å². The van der Waals surface area contributed by atoms with E-state index in [2.05, 4.69) is 0 Å². The van der Waals surface area contributed by atoms with Crippen molar-refractivity contribution in [2.24, 2.45) is 10.6 Å². The largest absolute Gasteiger partial charge is 0.382 e. The molecule has 1 heterocycles. The van der Waals surface area contributed by atoms with Gasteiger partial charge in [-0.25, -0.2) is 13.6 Å². The van der Waals surface area contributed by atoms with E-state index in [4.69, 9.17) is 19.3 Å². The van der Waals surface area contributed by atoms with Crippen LogP contribution in [0.3, 0.4) is 0 Å². The highest BCUT2D eigenvalue weighted by Gasteiger charge is 2.36. The molecule has 0 radical (unpaired) electrons. The highest BCUT2D eigenvalue weighted by molar-refractivity contribution is 7.89. The number of methoxy groups -OCH3 is 1. The van der Waals surface area contributed by atoms with E-state index in [-0.39, 0.29) is 5.75 Å². The lowest BCUT2D eigenvalue weighted by Gasteiger charge is -2.36. The van der Waals surface area contributed by atoms with Gasteiger partial charge >= 0.3 is 0 Å². The van der Waals surface area contributed by atoms with Crippen molar-refractivity contribution >= 4 is 10.0 Å². The molecule has 1 aliphatic heterocycles. The summed E-state index contributed by atoms with van der Waals surface area (Å²) >= 11 is 0. The second kappa shape index (κ2) is 6.65. The number of ether oxygens (including phenoxy) is 3. The lowest BCUT2D eigenvalue weighted by atomic mass is 9.83. The normalized spacial score (nSPS) is 20.4. The second-order valence-corrected chi connectivity index (χ2v) is 6.08. The third kappa shape index (κ3) is 5.78. The molecular weight excluding hydrogens is 246 g/mol. The minimum atomic E-state index is -3.49. The van der Waals surface area contributed by atoms with Crippen LogP contribution in [0.5, 0.6) is 0 Å². The molecule has 6 nitrogen and oxygen atoms in total. The van der Waals surface area contributed by atoms with E-state index < -0.39 is 15.4 Å². The summed E-state index contributed by atoms with van der Waals surface area (Å²) in [4.78, 5) is 0. The number of hydrogen-bond donors (Lipinski definition) is 1. The molecule has 0 amide bonds. The summed E-state index contributed by atoms with van der Waals surface area (Å²) in [6.45, 7) is 2.47. The zero-order valence-corrected chi connectivity index (χ0v) is 11.0. The van der Waals surface area contributed by atoms with Crippen molar-refractivity contribution in [3.8, 4) is 0 Å². The Morgan fingerprint density at radius 1 is 1.29 bits per heavy atom. The van der Waals surface area contributed by atoms with Gasteiger partial charge in [-0.15, -0.1) is 0 Å². The average Bonchev–Trinajstić information content (AvgIpc) is 2.23. The fraction of sp³-hybridized carbons (Fsp3) is 1.00. The Hall–Kier alpha value is -0.210. The predicted octanol–water partition coefficient (Wildman–Crippen LogP) is -0.265. The summed E-state index contributed by atoms with van der Waals surface area (Å²) in [7, 11) is -1.90. The van der Waals surface area contributed by atoms with Gasteiger partial charge in [0.05, 0.1) is 25.6 Å². The van der Waals surface area contributed by atoms with Gasteiger partial charge in [0.15, 0.2) is 0 Å². The molecule has 1 saturated heterocycles. The first kappa shape index (κ1) is 14.8. The van der Waals surface area contributed by atoms with Crippen LogP contribution in [0, 0.1) is 5.41 Å². The first-order valence-electron chi connectivity index (χ1n) is 5.62. The van der Waals surface area contributed by atoms with Crippen molar-refractivity contribution in [2.75, 3.05) is 45.9 Å². The van der Waals surface area contributed by atoms with E-state index in [0.29, 0.717) is 45.9 Å². The first-order chi connectivity index (χ1) is 7.97. The molecule has 2 N–H and O–H groups in total. The molecule has 1 fully saturated rings. The van der Waals surface area contributed by atoms with Gasteiger partial charge < -0.3 is 14.2 Å². The van der Waals surface area contributed by atoms with Gasteiger partial charge in [-0.05, 0) is 12.8 Å². The van der Waals surface area contributed by atoms with Crippen molar-refractivity contribution in [3.63, 3.8) is 0 Å². The molecule has 1 aliphatic rings. The average molecular weight is 267 g/mol. The lowest BCUT2D eigenvalue weighted by Crippen LogP contribution is -2.42. The van der Waals surface area contributed by atoms with E-state index in [1.807, 2.05) is 0 Å². The summed E-state index contributed by atoms with van der Waals surface area (Å²) in [6, 6.07) is 0. The fourth-order valence-corrected chi connectivity index (χ4v) is 3.22. The van der Waals surface area contributed by atoms with Crippen LogP contribution in [0.2, 0.25) is 0 Å². The maximum absolute atomic E-state index is 11.3. The van der Waals surface area contributed by atoms with Gasteiger partial charge in [-0.2, -0.15) is 0 Å². The molecule has 7 heteroatoms. The number of nitrogens with two attached hydrogens (primary N) is 1. The quantitative estimate of drug-likeness (QED) is 0.642. The maximum Gasteiger partial charge on any atom is 0.209 e. The number of hydrogen-bond acceptors (Lipinski definition) is 5. The van der Waals surface area contributed by atoms with Gasteiger partial charge in [0.2, 0.25) is 10.0 Å². The Morgan fingerprint density at radius 3 is 2.47 bits per heavy atom. The summed E-state index contributed by atoms with van der Waals surface area (Å²) in [5, 5.41) is 5.13. The van der Waals surface area contributed by atoms with E-state index in [1.54, 1.807) is 7.11 Å². The molecule has 0 aromatic heterocycles. The molecule has 0 spiro atoms. The van der Waals surface area contributed by atoms with Gasteiger partial charge in [0.25, 0.3) is 0 Å². The van der Waals surface area contributed by atoms with Gasteiger partial charge in [-0.1, -0.05) is 0 Å². The third-order valence-corrected chi connectivity index (χ3v) is 3.92. The van der Waals surface area contributed by atoms with Crippen LogP contribution in [0.25, 0.3) is 0 Å². The standard InChI is InChI=1S/C10H21NO5S/c1-14-6-7-16-8-10(9-17(11,12)13)2-4-15-5-3-10/h2-9H2,1H3,(H2,11,12,13). The highest BCUT2D eigenvalue weighted by atomic mass is 32.2. The Labute approximate surface area is 102 Å². The SMILES string of the molecule is COCCOCC1(CS(N)(=O)=O)CCOCC1. The Morgan fingerprint density at radius 2 is 1.94 bits per heavy atom. The maximum atomic E-state index is 11.3. The molecule has 1 rings (SSSR count). The van der Waals surface area contributed by atoms with Crippen LogP contribution in [-0.4, -0.2) is 54.3 Å². The Bertz CT molecular complexity index is 311. The van der Waals surface area contributed by atoms with Crippen molar-refractivity contribution in [1.29, 1.82) is 0 Å².